The van der Waals surface area contributed by atoms with E-state index < -0.39 is 15.9 Å². The summed E-state index contributed by atoms with van der Waals surface area (Å²) in [6.07, 6.45) is 5.70. The molecule has 0 saturated carbocycles. The number of nitrogens with zero attached hydrogens (tertiary/aromatic N) is 2. The third-order valence-corrected chi connectivity index (χ3v) is 9.71. The van der Waals surface area contributed by atoms with Crippen molar-refractivity contribution in [2.75, 3.05) is 37.4 Å². The van der Waals surface area contributed by atoms with E-state index in [0.29, 0.717) is 29.9 Å². The van der Waals surface area contributed by atoms with E-state index in [1.807, 2.05) is 4.90 Å². The number of para-hydroxylation sites is 2. The van der Waals surface area contributed by atoms with E-state index >= 15 is 0 Å². The first-order valence-corrected chi connectivity index (χ1v) is 16.6. The van der Waals surface area contributed by atoms with Crippen molar-refractivity contribution in [1.29, 1.82) is 0 Å². The summed E-state index contributed by atoms with van der Waals surface area (Å²) in [6.45, 7) is 3.56. The molecular formula is C31H34Cl2N4O5S. The van der Waals surface area contributed by atoms with Crippen molar-refractivity contribution in [1.82, 2.24) is 15.1 Å². The number of rotatable bonds is 9. The van der Waals surface area contributed by atoms with Gasteiger partial charge < -0.3 is 19.9 Å². The topological polar surface area (TPSA) is 108 Å². The highest BCUT2D eigenvalue weighted by Crippen LogP contribution is 2.35. The third kappa shape index (κ3) is 8.00. The number of nitrogens with one attached hydrogen (secondary N) is 2. The van der Waals surface area contributed by atoms with Gasteiger partial charge in [-0.25, -0.2) is 8.42 Å². The fraction of sp³-hybridized carbons (Fsp3) is 0.355. The molecule has 0 unspecified atom stereocenters. The van der Waals surface area contributed by atoms with Crippen LogP contribution in [-0.4, -0.2) is 68.8 Å². The number of hydrogen-bond donors (Lipinski definition) is 2. The van der Waals surface area contributed by atoms with Crippen molar-refractivity contribution < 1.29 is 22.7 Å². The summed E-state index contributed by atoms with van der Waals surface area (Å²) in [5, 5.41) is 3.39. The minimum atomic E-state index is -4.02. The Hall–Kier alpha value is -3.31. The Labute approximate surface area is 262 Å². The first-order valence-electron chi connectivity index (χ1n) is 14.3. The van der Waals surface area contributed by atoms with Gasteiger partial charge in [-0.2, -0.15) is 0 Å². The molecule has 2 saturated heterocycles. The maximum atomic E-state index is 13.1. The summed E-state index contributed by atoms with van der Waals surface area (Å²) in [5.41, 5.74) is 0.450. The van der Waals surface area contributed by atoms with Crippen molar-refractivity contribution in [3.63, 3.8) is 0 Å². The predicted molar refractivity (Wildman–Crippen MR) is 168 cm³/mol. The molecule has 2 N–H and O–H groups in total. The van der Waals surface area contributed by atoms with Gasteiger partial charge >= 0.3 is 0 Å². The maximum absolute atomic E-state index is 13.1. The SMILES string of the molecule is O=C(NCC(=O)N1CCC(N2CCCCC2)CC1)c1ccc(S(=O)(=O)Nc2ccccc2Oc2ccc(Cl)cc2Cl)cc1. The Morgan fingerprint density at radius 1 is 0.860 bits per heavy atom. The second kappa shape index (κ2) is 14.0. The average molecular weight is 646 g/mol. The molecule has 9 nitrogen and oxygen atoms in total. The number of halogens is 2. The number of sulfonamides is 1. The van der Waals surface area contributed by atoms with E-state index in [4.69, 9.17) is 27.9 Å². The number of ether oxygens (including phenoxy) is 1. The fourth-order valence-corrected chi connectivity index (χ4v) is 6.96. The summed E-state index contributed by atoms with van der Waals surface area (Å²) in [5.74, 6) is -0.0122. The molecule has 3 aromatic rings. The highest BCUT2D eigenvalue weighted by molar-refractivity contribution is 7.92. The second-order valence-corrected chi connectivity index (χ2v) is 13.2. The smallest absolute Gasteiger partial charge is 0.262 e. The van der Waals surface area contributed by atoms with Crippen LogP contribution in [0.5, 0.6) is 11.5 Å². The zero-order valence-corrected chi connectivity index (χ0v) is 25.9. The lowest BCUT2D eigenvalue weighted by Gasteiger charge is -2.40. The number of likely N-dealkylation sites (tertiary alicyclic amines) is 2. The van der Waals surface area contributed by atoms with E-state index in [-0.39, 0.29) is 39.4 Å². The lowest BCUT2D eigenvalue weighted by molar-refractivity contribution is -0.131. The Bertz CT molecular complexity index is 1550. The summed E-state index contributed by atoms with van der Waals surface area (Å²) in [6, 6.07) is 17.3. The normalized spacial score (nSPS) is 16.5. The van der Waals surface area contributed by atoms with E-state index in [9.17, 15) is 18.0 Å². The zero-order chi connectivity index (χ0) is 30.4. The summed E-state index contributed by atoms with van der Waals surface area (Å²) < 4.78 is 34.7. The van der Waals surface area contributed by atoms with Crippen LogP contribution in [0.25, 0.3) is 0 Å². The molecule has 0 radical (unpaired) electrons. The van der Waals surface area contributed by atoms with Crippen LogP contribution >= 0.6 is 23.2 Å². The number of hydrogen-bond acceptors (Lipinski definition) is 6. The summed E-state index contributed by atoms with van der Waals surface area (Å²) >= 11 is 12.2. The molecule has 0 aliphatic carbocycles. The Morgan fingerprint density at radius 2 is 1.56 bits per heavy atom. The molecule has 2 fully saturated rings. The Balaban J connectivity index is 1.15. The van der Waals surface area contributed by atoms with Crippen LogP contribution < -0.4 is 14.8 Å². The van der Waals surface area contributed by atoms with Crippen molar-refractivity contribution >= 4 is 50.7 Å². The summed E-state index contributed by atoms with van der Waals surface area (Å²) in [7, 11) is -4.02. The largest absolute Gasteiger partial charge is 0.454 e. The van der Waals surface area contributed by atoms with E-state index in [0.717, 1.165) is 25.9 Å². The van der Waals surface area contributed by atoms with Crippen LogP contribution in [0.15, 0.2) is 71.6 Å². The quantitative estimate of drug-likeness (QED) is 0.305. The lowest BCUT2D eigenvalue weighted by atomic mass is 10.00. The molecule has 2 aliphatic rings. The standard InChI is InChI=1S/C31H34Cl2N4O5S/c32-23-10-13-28(26(33)20-23)42-29-7-3-2-6-27(29)35-43(40,41)25-11-8-22(9-12-25)31(39)34-21-30(38)37-18-14-24(15-19-37)36-16-4-1-5-17-36/h2-3,6-13,20,24,35H,1,4-5,14-19,21H2,(H,34,39). The number of piperidine rings is 2. The first kappa shape index (κ1) is 31.1. The number of carbonyl (C=O) groups excluding carboxylic acids is 2. The highest BCUT2D eigenvalue weighted by atomic mass is 35.5. The molecule has 0 atom stereocenters. The van der Waals surface area contributed by atoms with Gasteiger partial charge in [-0.1, -0.05) is 41.8 Å². The van der Waals surface area contributed by atoms with Gasteiger partial charge in [-0.3, -0.25) is 14.3 Å². The maximum Gasteiger partial charge on any atom is 0.262 e. The molecule has 0 bridgehead atoms. The molecule has 3 aromatic carbocycles. The molecule has 5 rings (SSSR count). The van der Waals surface area contributed by atoms with Gasteiger partial charge in [-0.05, 0) is 93.4 Å². The van der Waals surface area contributed by atoms with Gasteiger partial charge in [-0.15, -0.1) is 0 Å². The van der Waals surface area contributed by atoms with Crippen molar-refractivity contribution in [3.8, 4) is 11.5 Å². The second-order valence-electron chi connectivity index (χ2n) is 10.7. The molecular weight excluding hydrogens is 611 g/mol. The number of amides is 2. The van der Waals surface area contributed by atoms with Crippen LogP contribution in [0.4, 0.5) is 5.69 Å². The van der Waals surface area contributed by atoms with Crippen LogP contribution in [-0.2, 0) is 14.8 Å². The fourth-order valence-electron chi connectivity index (χ4n) is 5.44. The van der Waals surface area contributed by atoms with Gasteiger partial charge in [0.25, 0.3) is 15.9 Å². The lowest BCUT2D eigenvalue weighted by Crippen LogP contribution is -2.50. The van der Waals surface area contributed by atoms with Crippen LogP contribution in [0, 0.1) is 0 Å². The molecule has 43 heavy (non-hydrogen) atoms. The average Bonchev–Trinajstić information content (AvgIpc) is 3.02. The van der Waals surface area contributed by atoms with E-state index in [1.165, 1.54) is 49.6 Å². The minimum absolute atomic E-state index is 0.0453. The molecule has 2 heterocycles. The number of carbonyl (C=O) groups is 2. The van der Waals surface area contributed by atoms with Gasteiger partial charge in [0, 0.05) is 29.7 Å². The summed E-state index contributed by atoms with van der Waals surface area (Å²) in [4.78, 5) is 29.8. The van der Waals surface area contributed by atoms with Crippen molar-refractivity contribution in [2.45, 2.75) is 43.0 Å². The van der Waals surface area contributed by atoms with Crippen LogP contribution in [0.1, 0.15) is 42.5 Å². The highest BCUT2D eigenvalue weighted by Gasteiger charge is 2.27. The predicted octanol–water partition coefficient (Wildman–Crippen LogP) is 5.79. The van der Waals surface area contributed by atoms with Gasteiger partial charge in [0.05, 0.1) is 22.2 Å². The molecule has 0 spiro atoms. The Kier molecular flexibility index (Phi) is 10.1. The van der Waals surface area contributed by atoms with E-state index in [2.05, 4.69) is 14.9 Å². The monoisotopic (exact) mass is 644 g/mol. The van der Waals surface area contributed by atoms with E-state index in [1.54, 1.807) is 36.4 Å². The van der Waals surface area contributed by atoms with Crippen LogP contribution in [0.3, 0.4) is 0 Å². The number of benzene rings is 3. The molecule has 228 valence electrons. The van der Waals surface area contributed by atoms with Crippen molar-refractivity contribution in [3.05, 3.63) is 82.3 Å². The van der Waals surface area contributed by atoms with Gasteiger partial charge in [0.1, 0.15) is 5.75 Å². The zero-order valence-electron chi connectivity index (χ0n) is 23.6. The van der Waals surface area contributed by atoms with Gasteiger partial charge in [0.2, 0.25) is 5.91 Å². The van der Waals surface area contributed by atoms with Crippen LogP contribution in [0.2, 0.25) is 10.0 Å². The van der Waals surface area contributed by atoms with Gasteiger partial charge in [0.15, 0.2) is 5.75 Å². The molecule has 2 amide bonds. The van der Waals surface area contributed by atoms with Crippen molar-refractivity contribution in [2.24, 2.45) is 0 Å². The third-order valence-electron chi connectivity index (χ3n) is 7.80. The number of anilines is 1. The molecule has 0 aromatic heterocycles. The molecule has 12 heteroatoms. The Morgan fingerprint density at radius 3 is 2.26 bits per heavy atom. The minimum Gasteiger partial charge on any atom is -0.454 e. The molecule has 2 aliphatic heterocycles. The first-order chi connectivity index (χ1) is 20.7.